The van der Waals surface area contributed by atoms with Crippen molar-refractivity contribution in [3.8, 4) is 0 Å². The molecule has 0 fully saturated rings. The summed E-state index contributed by atoms with van der Waals surface area (Å²) in [7, 11) is 0. The first kappa shape index (κ1) is 14.5. The molecule has 1 unspecified atom stereocenters. The van der Waals surface area contributed by atoms with Crippen molar-refractivity contribution in [3.63, 3.8) is 0 Å². The van der Waals surface area contributed by atoms with Gasteiger partial charge in [-0.3, -0.25) is 9.48 Å². The lowest BCUT2D eigenvalue weighted by molar-refractivity contribution is -0.122. The highest BCUT2D eigenvalue weighted by Crippen LogP contribution is 2.14. The summed E-state index contributed by atoms with van der Waals surface area (Å²) in [6.07, 6.45) is 0.977. The highest BCUT2D eigenvalue weighted by atomic mass is 16.2. The van der Waals surface area contributed by atoms with E-state index in [0.717, 1.165) is 17.8 Å². The second kappa shape index (κ2) is 5.89. The summed E-state index contributed by atoms with van der Waals surface area (Å²) < 4.78 is 1.65. The maximum Gasteiger partial charge on any atom is 0.241 e. The first-order chi connectivity index (χ1) is 8.31. The Kier molecular flexibility index (Phi) is 4.76. The van der Waals surface area contributed by atoms with Crippen molar-refractivity contribution in [2.45, 2.75) is 53.6 Å². The van der Waals surface area contributed by atoms with Gasteiger partial charge in [-0.25, -0.2) is 0 Å². The van der Waals surface area contributed by atoms with Gasteiger partial charge >= 0.3 is 0 Å². The van der Waals surface area contributed by atoms with Crippen molar-refractivity contribution < 1.29 is 4.79 Å². The molecular weight excluding hydrogens is 228 g/mol. The van der Waals surface area contributed by atoms with Gasteiger partial charge in [0.25, 0.3) is 0 Å². The molecule has 0 aliphatic rings. The lowest BCUT2D eigenvalue weighted by atomic mass is 10.1. The molecule has 1 aromatic rings. The minimum atomic E-state index is -0.0197. The Labute approximate surface area is 109 Å². The first-order valence-corrected chi connectivity index (χ1v) is 6.40. The van der Waals surface area contributed by atoms with Crippen LogP contribution in [0.4, 0.5) is 5.69 Å². The van der Waals surface area contributed by atoms with Crippen LogP contribution in [0, 0.1) is 19.8 Å². The Bertz CT molecular complexity index is 423. The van der Waals surface area contributed by atoms with E-state index in [2.05, 4.69) is 24.3 Å². The van der Waals surface area contributed by atoms with Gasteiger partial charge in [0.05, 0.1) is 17.1 Å². The minimum Gasteiger partial charge on any atom is -0.396 e. The van der Waals surface area contributed by atoms with Gasteiger partial charge < -0.3 is 11.1 Å². The van der Waals surface area contributed by atoms with Gasteiger partial charge in [-0.2, -0.15) is 5.10 Å². The molecule has 18 heavy (non-hydrogen) atoms. The average molecular weight is 252 g/mol. The Morgan fingerprint density at radius 1 is 1.39 bits per heavy atom. The Morgan fingerprint density at radius 2 is 2.00 bits per heavy atom. The Balaban J connectivity index is 2.57. The summed E-state index contributed by atoms with van der Waals surface area (Å²) in [6.45, 7) is 10.3. The number of carbonyl (C=O) groups is 1. The van der Waals surface area contributed by atoms with Crippen LogP contribution in [0.1, 0.15) is 38.6 Å². The van der Waals surface area contributed by atoms with Crippen molar-refractivity contribution in [2.24, 2.45) is 5.92 Å². The molecule has 0 bridgehead atoms. The number of nitrogen functional groups attached to an aromatic ring is 1. The maximum absolute atomic E-state index is 11.9. The lowest BCUT2D eigenvalue weighted by Gasteiger charge is -2.16. The van der Waals surface area contributed by atoms with Gasteiger partial charge in [0, 0.05) is 6.04 Å². The Hall–Kier alpha value is -1.52. The topological polar surface area (TPSA) is 72.9 Å². The number of amides is 1. The molecule has 5 heteroatoms. The van der Waals surface area contributed by atoms with Gasteiger partial charge in [-0.15, -0.1) is 0 Å². The summed E-state index contributed by atoms with van der Waals surface area (Å²) in [4.78, 5) is 11.9. The third-order valence-electron chi connectivity index (χ3n) is 2.96. The number of carbonyl (C=O) groups excluding carboxylic acids is 1. The molecule has 1 atom stereocenters. The molecule has 1 heterocycles. The van der Waals surface area contributed by atoms with Crippen LogP contribution in [-0.2, 0) is 11.3 Å². The van der Waals surface area contributed by atoms with Crippen molar-refractivity contribution in [1.82, 2.24) is 15.1 Å². The lowest BCUT2D eigenvalue weighted by Crippen LogP contribution is -2.36. The third kappa shape index (κ3) is 3.75. The largest absolute Gasteiger partial charge is 0.396 e. The van der Waals surface area contributed by atoms with Crippen LogP contribution >= 0.6 is 0 Å². The molecule has 1 aromatic heterocycles. The highest BCUT2D eigenvalue weighted by Gasteiger charge is 2.13. The molecule has 0 saturated heterocycles. The van der Waals surface area contributed by atoms with Crippen LogP contribution in [0.5, 0.6) is 0 Å². The molecule has 0 radical (unpaired) electrons. The van der Waals surface area contributed by atoms with Crippen molar-refractivity contribution in [3.05, 3.63) is 11.4 Å². The number of aromatic nitrogens is 2. The van der Waals surface area contributed by atoms with E-state index in [1.807, 2.05) is 20.8 Å². The summed E-state index contributed by atoms with van der Waals surface area (Å²) in [5, 5.41) is 7.22. The van der Waals surface area contributed by atoms with Gasteiger partial charge in [-0.1, -0.05) is 13.8 Å². The second-order valence-corrected chi connectivity index (χ2v) is 5.34. The fourth-order valence-corrected chi connectivity index (χ4v) is 2.09. The van der Waals surface area contributed by atoms with Gasteiger partial charge in [-0.05, 0) is 33.1 Å². The number of nitrogens with zero attached hydrogens (tertiary/aromatic N) is 2. The highest BCUT2D eigenvalue weighted by molar-refractivity contribution is 5.76. The van der Waals surface area contributed by atoms with Crippen LogP contribution in [0.25, 0.3) is 0 Å². The SMILES string of the molecule is Cc1nn(CC(=O)NC(C)CC(C)C)c(C)c1N. The van der Waals surface area contributed by atoms with Crippen LogP contribution in [-0.4, -0.2) is 21.7 Å². The molecule has 1 amide bonds. The van der Waals surface area contributed by atoms with E-state index in [-0.39, 0.29) is 18.5 Å². The first-order valence-electron chi connectivity index (χ1n) is 6.40. The summed E-state index contributed by atoms with van der Waals surface area (Å²) in [5.41, 5.74) is 8.12. The average Bonchev–Trinajstić information content (AvgIpc) is 2.44. The zero-order valence-electron chi connectivity index (χ0n) is 11.9. The van der Waals surface area contributed by atoms with Crippen LogP contribution in [0.3, 0.4) is 0 Å². The van der Waals surface area contributed by atoms with E-state index in [1.54, 1.807) is 4.68 Å². The summed E-state index contributed by atoms with van der Waals surface area (Å²) in [6, 6.07) is 0.187. The number of nitrogens with one attached hydrogen (secondary N) is 1. The van der Waals surface area contributed by atoms with E-state index in [0.29, 0.717) is 11.6 Å². The predicted molar refractivity (Wildman–Crippen MR) is 73.2 cm³/mol. The molecule has 1 rings (SSSR count). The number of anilines is 1. The van der Waals surface area contributed by atoms with Gasteiger partial charge in [0.1, 0.15) is 6.54 Å². The number of aryl methyl sites for hydroxylation is 1. The summed E-state index contributed by atoms with van der Waals surface area (Å²) >= 11 is 0. The molecule has 0 saturated carbocycles. The molecule has 102 valence electrons. The van der Waals surface area contributed by atoms with Crippen LogP contribution in [0.15, 0.2) is 0 Å². The van der Waals surface area contributed by atoms with E-state index in [9.17, 15) is 4.79 Å². The monoisotopic (exact) mass is 252 g/mol. The quantitative estimate of drug-likeness (QED) is 0.836. The van der Waals surface area contributed by atoms with Crippen LogP contribution in [0.2, 0.25) is 0 Å². The standard InChI is InChI=1S/C13H24N4O/c1-8(2)6-9(3)15-12(18)7-17-11(5)13(14)10(4)16-17/h8-9H,6-7,14H2,1-5H3,(H,15,18). The smallest absolute Gasteiger partial charge is 0.241 e. The van der Waals surface area contributed by atoms with Crippen molar-refractivity contribution >= 4 is 11.6 Å². The zero-order chi connectivity index (χ0) is 13.9. The molecule has 0 aliphatic carbocycles. The molecular formula is C13H24N4O. The van der Waals surface area contributed by atoms with Crippen molar-refractivity contribution in [1.29, 1.82) is 0 Å². The van der Waals surface area contributed by atoms with Gasteiger partial charge in [0.2, 0.25) is 5.91 Å². The summed E-state index contributed by atoms with van der Waals surface area (Å²) in [5.74, 6) is 0.554. The van der Waals surface area contributed by atoms with Crippen molar-refractivity contribution in [2.75, 3.05) is 5.73 Å². The van der Waals surface area contributed by atoms with Gasteiger partial charge in [0.15, 0.2) is 0 Å². The fourth-order valence-electron chi connectivity index (χ4n) is 2.09. The van der Waals surface area contributed by atoms with E-state index in [1.165, 1.54) is 0 Å². The second-order valence-electron chi connectivity index (χ2n) is 5.34. The number of rotatable bonds is 5. The molecule has 5 nitrogen and oxygen atoms in total. The molecule has 0 spiro atoms. The normalized spacial score (nSPS) is 12.8. The fraction of sp³-hybridized carbons (Fsp3) is 0.692. The number of hydrogen-bond acceptors (Lipinski definition) is 3. The minimum absolute atomic E-state index is 0.0197. The Morgan fingerprint density at radius 3 is 2.44 bits per heavy atom. The molecule has 0 aliphatic heterocycles. The van der Waals surface area contributed by atoms with Crippen LogP contribution < -0.4 is 11.1 Å². The zero-order valence-corrected chi connectivity index (χ0v) is 11.9. The van der Waals surface area contributed by atoms with E-state index in [4.69, 9.17) is 5.73 Å². The predicted octanol–water partition coefficient (Wildman–Crippen LogP) is 1.63. The third-order valence-corrected chi connectivity index (χ3v) is 2.96. The molecule has 0 aromatic carbocycles. The maximum atomic E-state index is 11.9. The van der Waals surface area contributed by atoms with E-state index < -0.39 is 0 Å². The molecule has 3 N–H and O–H groups in total. The van der Waals surface area contributed by atoms with E-state index >= 15 is 0 Å². The number of nitrogens with two attached hydrogens (primary N) is 1. The number of hydrogen-bond donors (Lipinski definition) is 2.